The minimum atomic E-state index is -0.901. The lowest BCUT2D eigenvalue weighted by atomic mass is 9.81. The molecular weight excluding hydrogens is 296 g/mol. The number of rotatable bonds is 1. The number of ether oxygens (including phenoxy) is 1. The summed E-state index contributed by atoms with van der Waals surface area (Å²) in [6.45, 7) is 0.443. The van der Waals surface area contributed by atoms with Gasteiger partial charge in [-0.1, -0.05) is 18.2 Å². The number of aromatic nitrogens is 1. The van der Waals surface area contributed by atoms with Crippen LogP contribution in [-0.2, 0) is 27.3 Å². The molecule has 6 nitrogen and oxygen atoms in total. The molecular formula is C17H18N2O4. The van der Waals surface area contributed by atoms with E-state index in [1.807, 2.05) is 24.3 Å². The van der Waals surface area contributed by atoms with Crippen LogP contribution in [0.4, 0.5) is 0 Å². The summed E-state index contributed by atoms with van der Waals surface area (Å²) in [4.78, 5) is 29.3. The summed E-state index contributed by atoms with van der Waals surface area (Å²) in [5.74, 6) is -1.41. The first-order valence-electron chi connectivity index (χ1n) is 7.74. The predicted octanol–water partition coefficient (Wildman–Crippen LogP) is 0.975. The minimum Gasteiger partial charge on any atom is -0.469 e. The fourth-order valence-corrected chi connectivity index (χ4v) is 3.88. The first-order chi connectivity index (χ1) is 11.1. The van der Waals surface area contributed by atoms with E-state index in [2.05, 4.69) is 4.98 Å². The Kier molecular flexibility index (Phi) is 3.16. The molecule has 1 fully saturated rings. The zero-order chi connectivity index (χ0) is 16.1. The predicted molar refractivity (Wildman–Crippen MR) is 82.5 cm³/mol. The second-order valence-electron chi connectivity index (χ2n) is 6.25. The summed E-state index contributed by atoms with van der Waals surface area (Å²) in [7, 11) is 1.28. The van der Waals surface area contributed by atoms with Crippen molar-refractivity contribution in [3.63, 3.8) is 0 Å². The molecule has 2 N–H and O–H groups in total. The fourth-order valence-electron chi connectivity index (χ4n) is 3.88. The molecule has 3 unspecified atom stereocenters. The van der Waals surface area contributed by atoms with Crippen LogP contribution in [-0.4, -0.2) is 46.1 Å². The van der Waals surface area contributed by atoms with Gasteiger partial charge in [0.2, 0.25) is 5.91 Å². The SMILES string of the molecule is COC(=O)C1CC(=O)N2Cc3[nH]c4ccccc4c3CC2C1O. The second kappa shape index (κ2) is 5.09. The number of nitrogens with one attached hydrogen (secondary N) is 1. The maximum Gasteiger partial charge on any atom is 0.311 e. The standard InChI is InChI=1S/C17H18N2O4/c1-23-17(22)11-7-15(20)19-8-13-10(6-14(19)16(11)21)9-4-2-3-5-12(9)18-13/h2-5,11,14,16,18,21H,6-8H2,1H3. The molecule has 3 heterocycles. The van der Waals surface area contributed by atoms with E-state index in [1.54, 1.807) is 4.90 Å². The maximum atomic E-state index is 12.4. The first-order valence-corrected chi connectivity index (χ1v) is 7.74. The van der Waals surface area contributed by atoms with E-state index in [1.165, 1.54) is 7.11 Å². The molecule has 4 rings (SSSR count). The Balaban J connectivity index is 1.74. The highest BCUT2D eigenvalue weighted by molar-refractivity contribution is 5.88. The van der Waals surface area contributed by atoms with Crippen molar-refractivity contribution >= 4 is 22.8 Å². The van der Waals surface area contributed by atoms with Gasteiger partial charge in [0.05, 0.1) is 31.7 Å². The molecule has 1 saturated heterocycles. The van der Waals surface area contributed by atoms with Gasteiger partial charge in [-0.05, 0) is 18.1 Å². The average Bonchev–Trinajstić information content (AvgIpc) is 2.93. The largest absolute Gasteiger partial charge is 0.469 e. The van der Waals surface area contributed by atoms with E-state index >= 15 is 0 Å². The molecule has 1 aromatic heterocycles. The van der Waals surface area contributed by atoms with E-state index < -0.39 is 18.0 Å². The van der Waals surface area contributed by atoms with Gasteiger partial charge in [-0.3, -0.25) is 9.59 Å². The number of carbonyl (C=O) groups is 2. The number of nitrogens with zero attached hydrogens (tertiary/aromatic N) is 1. The topological polar surface area (TPSA) is 82.6 Å². The molecule has 1 aromatic carbocycles. The number of amides is 1. The Morgan fingerprint density at radius 2 is 2.13 bits per heavy atom. The first kappa shape index (κ1) is 14.3. The summed E-state index contributed by atoms with van der Waals surface area (Å²) >= 11 is 0. The number of hydrogen-bond acceptors (Lipinski definition) is 4. The molecule has 0 saturated carbocycles. The van der Waals surface area contributed by atoms with Crippen LogP contribution in [0.25, 0.3) is 10.9 Å². The minimum absolute atomic E-state index is 0.0000975. The van der Waals surface area contributed by atoms with Gasteiger partial charge in [0.25, 0.3) is 0 Å². The average molecular weight is 314 g/mol. The highest BCUT2D eigenvalue weighted by Crippen LogP contribution is 2.36. The third-order valence-corrected chi connectivity index (χ3v) is 5.07. The number of H-pyrrole nitrogens is 1. The van der Waals surface area contributed by atoms with Gasteiger partial charge in [0.15, 0.2) is 0 Å². The summed E-state index contributed by atoms with van der Waals surface area (Å²) in [5.41, 5.74) is 3.17. The number of methoxy groups -OCH3 is 1. The van der Waals surface area contributed by atoms with E-state index in [0.29, 0.717) is 13.0 Å². The molecule has 1 amide bonds. The highest BCUT2D eigenvalue weighted by Gasteiger charge is 2.47. The van der Waals surface area contributed by atoms with Gasteiger partial charge in [-0.2, -0.15) is 0 Å². The molecule has 6 heteroatoms. The Hall–Kier alpha value is -2.34. The monoisotopic (exact) mass is 314 g/mol. The third-order valence-electron chi connectivity index (χ3n) is 5.07. The van der Waals surface area contributed by atoms with Crippen LogP contribution in [0, 0.1) is 5.92 Å². The molecule has 2 aliphatic heterocycles. The van der Waals surface area contributed by atoms with Gasteiger partial charge in [-0.15, -0.1) is 0 Å². The van der Waals surface area contributed by atoms with E-state index in [9.17, 15) is 14.7 Å². The Bertz CT molecular complexity index is 797. The van der Waals surface area contributed by atoms with Crippen LogP contribution in [0.5, 0.6) is 0 Å². The van der Waals surface area contributed by atoms with E-state index in [4.69, 9.17) is 4.74 Å². The van der Waals surface area contributed by atoms with Crippen LogP contribution in [0.15, 0.2) is 24.3 Å². The van der Waals surface area contributed by atoms with Crippen molar-refractivity contribution < 1.29 is 19.4 Å². The fraction of sp³-hybridized carbons (Fsp3) is 0.412. The number of esters is 1. The molecule has 0 radical (unpaired) electrons. The molecule has 2 aliphatic rings. The van der Waals surface area contributed by atoms with E-state index in [0.717, 1.165) is 22.2 Å². The smallest absolute Gasteiger partial charge is 0.311 e. The number of aliphatic hydroxyl groups excluding tert-OH is 1. The Morgan fingerprint density at radius 1 is 1.35 bits per heavy atom. The molecule has 120 valence electrons. The van der Waals surface area contributed by atoms with Crippen LogP contribution in [0.3, 0.4) is 0 Å². The number of piperidine rings is 1. The zero-order valence-corrected chi connectivity index (χ0v) is 12.8. The van der Waals surface area contributed by atoms with Crippen LogP contribution < -0.4 is 0 Å². The van der Waals surface area contributed by atoms with Gasteiger partial charge < -0.3 is 19.7 Å². The molecule has 0 aliphatic carbocycles. The Labute approximate surface area is 133 Å². The van der Waals surface area contributed by atoms with Crippen LogP contribution in [0.1, 0.15) is 17.7 Å². The van der Waals surface area contributed by atoms with Crippen molar-refractivity contribution in [2.75, 3.05) is 7.11 Å². The number of para-hydroxylation sites is 1. The number of carbonyl (C=O) groups excluding carboxylic acids is 2. The van der Waals surface area contributed by atoms with Crippen molar-refractivity contribution in [2.45, 2.75) is 31.5 Å². The van der Waals surface area contributed by atoms with Crippen molar-refractivity contribution in [1.29, 1.82) is 0 Å². The number of benzene rings is 1. The second-order valence-corrected chi connectivity index (χ2v) is 6.25. The van der Waals surface area contributed by atoms with Crippen molar-refractivity contribution in [3.8, 4) is 0 Å². The lowest BCUT2D eigenvalue weighted by Crippen LogP contribution is -2.58. The molecule has 3 atom stereocenters. The van der Waals surface area contributed by atoms with Gasteiger partial charge in [0, 0.05) is 23.0 Å². The third kappa shape index (κ3) is 2.05. The number of aromatic amines is 1. The summed E-state index contributed by atoms with van der Waals surface area (Å²) in [6, 6.07) is 7.59. The quantitative estimate of drug-likeness (QED) is 0.769. The number of aliphatic hydroxyl groups is 1. The van der Waals surface area contributed by atoms with Crippen molar-refractivity contribution in [1.82, 2.24) is 9.88 Å². The van der Waals surface area contributed by atoms with E-state index in [-0.39, 0.29) is 18.4 Å². The summed E-state index contributed by atoms with van der Waals surface area (Å²) in [5, 5.41) is 11.7. The lowest BCUT2D eigenvalue weighted by Gasteiger charge is -2.44. The Morgan fingerprint density at radius 3 is 2.91 bits per heavy atom. The van der Waals surface area contributed by atoms with Gasteiger partial charge >= 0.3 is 5.97 Å². The highest BCUT2D eigenvalue weighted by atomic mass is 16.5. The molecule has 23 heavy (non-hydrogen) atoms. The normalized spacial score (nSPS) is 26.8. The van der Waals surface area contributed by atoms with Crippen molar-refractivity contribution in [3.05, 3.63) is 35.5 Å². The summed E-state index contributed by atoms with van der Waals surface area (Å²) in [6.07, 6.45) is -0.360. The molecule has 0 bridgehead atoms. The maximum absolute atomic E-state index is 12.4. The van der Waals surface area contributed by atoms with Gasteiger partial charge in [0.1, 0.15) is 0 Å². The zero-order valence-electron chi connectivity index (χ0n) is 12.8. The van der Waals surface area contributed by atoms with Crippen LogP contribution in [0.2, 0.25) is 0 Å². The van der Waals surface area contributed by atoms with Crippen molar-refractivity contribution in [2.24, 2.45) is 5.92 Å². The lowest BCUT2D eigenvalue weighted by molar-refractivity contribution is -0.165. The number of fused-ring (bicyclic) bond motifs is 4. The van der Waals surface area contributed by atoms with Gasteiger partial charge in [-0.25, -0.2) is 0 Å². The molecule has 2 aromatic rings. The number of hydrogen-bond donors (Lipinski definition) is 2. The summed E-state index contributed by atoms with van der Waals surface area (Å²) < 4.78 is 4.74. The molecule has 0 spiro atoms. The van der Waals surface area contributed by atoms with Crippen LogP contribution >= 0.6 is 0 Å².